The fourth-order valence-corrected chi connectivity index (χ4v) is 2.40. The van der Waals surface area contributed by atoms with Gasteiger partial charge >= 0.3 is 0 Å². The molecule has 1 aromatic carbocycles. The van der Waals surface area contributed by atoms with E-state index in [4.69, 9.17) is 5.73 Å². The minimum absolute atomic E-state index is 0. The van der Waals surface area contributed by atoms with E-state index < -0.39 is 0 Å². The van der Waals surface area contributed by atoms with Gasteiger partial charge in [-0.1, -0.05) is 0 Å². The molecule has 0 radical (unpaired) electrons. The molecule has 0 atom stereocenters. The van der Waals surface area contributed by atoms with Gasteiger partial charge in [0.1, 0.15) is 0 Å². The van der Waals surface area contributed by atoms with Crippen LogP contribution in [0.15, 0.2) is 24.3 Å². The number of benzene rings is 1. The number of rotatable bonds is 1. The van der Waals surface area contributed by atoms with Gasteiger partial charge in [0.15, 0.2) is 0 Å². The van der Waals surface area contributed by atoms with Crippen LogP contribution in [0.3, 0.4) is 0 Å². The number of hydrogen-bond acceptors (Lipinski definition) is 3. The van der Waals surface area contributed by atoms with Crippen LogP contribution < -0.4 is 16.8 Å². The van der Waals surface area contributed by atoms with Gasteiger partial charge in [0, 0.05) is 23.5 Å². The summed E-state index contributed by atoms with van der Waals surface area (Å²) in [6.45, 7) is 5.81. The Bertz CT molecular complexity index is 330. The Morgan fingerprint density at radius 1 is 1.12 bits per heavy atom. The van der Waals surface area contributed by atoms with Crippen molar-refractivity contribution < 1.29 is 0 Å². The summed E-state index contributed by atoms with van der Waals surface area (Å²) in [7, 11) is 0. The molecule has 90 valence electrons. The molecule has 5 N–H and O–H groups in total. The largest absolute Gasteiger partial charge is 0.399 e. The topological polar surface area (TPSA) is 64.3 Å². The number of hydrogen-bond donors (Lipinski definition) is 2. The highest BCUT2D eigenvalue weighted by molar-refractivity contribution is 5.54. The summed E-state index contributed by atoms with van der Waals surface area (Å²) in [5.74, 6) is 0. The fourth-order valence-electron chi connectivity index (χ4n) is 2.40. The van der Waals surface area contributed by atoms with E-state index in [-0.39, 0.29) is 11.7 Å². The molecule has 1 aliphatic rings. The number of anilines is 2. The Hall–Kier alpha value is -1.22. The highest BCUT2D eigenvalue weighted by Crippen LogP contribution is 2.32. The minimum atomic E-state index is 0. The Kier molecular flexibility index (Phi) is 3.81. The minimum Gasteiger partial charge on any atom is -0.399 e. The lowest BCUT2D eigenvalue weighted by atomic mass is 9.90. The highest BCUT2D eigenvalue weighted by Gasteiger charge is 2.29. The van der Waals surface area contributed by atoms with E-state index in [0.29, 0.717) is 0 Å². The molecule has 0 saturated carbocycles. The molecule has 1 fully saturated rings. The summed E-state index contributed by atoms with van der Waals surface area (Å²) in [6, 6.07) is 8.23. The van der Waals surface area contributed by atoms with Crippen molar-refractivity contribution in [3.8, 4) is 0 Å². The molecular formula is C13H23N3. The molecule has 2 rings (SSSR count). The smallest absolute Gasteiger partial charge is 0.0372 e. The fraction of sp³-hybridized carbons (Fsp3) is 0.538. The third kappa shape index (κ3) is 2.47. The number of nitrogens with two attached hydrogens (primary N) is 1. The molecule has 1 aromatic rings. The van der Waals surface area contributed by atoms with Crippen molar-refractivity contribution >= 4 is 11.4 Å². The Morgan fingerprint density at radius 2 is 1.75 bits per heavy atom. The van der Waals surface area contributed by atoms with Crippen LogP contribution in [-0.2, 0) is 0 Å². The van der Waals surface area contributed by atoms with Crippen molar-refractivity contribution in [1.82, 2.24) is 6.15 Å². The van der Waals surface area contributed by atoms with Gasteiger partial charge in [-0.25, -0.2) is 0 Å². The van der Waals surface area contributed by atoms with Gasteiger partial charge < -0.3 is 16.8 Å². The summed E-state index contributed by atoms with van der Waals surface area (Å²) in [4.78, 5) is 2.50. The van der Waals surface area contributed by atoms with Crippen molar-refractivity contribution in [2.24, 2.45) is 0 Å². The molecule has 1 heterocycles. The van der Waals surface area contributed by atoms with Crippen LogP contribution in [0.25, 0.3) is 0 Å². The zero-order valence-electron chi connectivity index (χ0n) is 10.4. The van der Waals surface area contributed by atoms with E-state index >= 15 is 0 Å². The maximum absolute atomic E-state index is 5.71. The average molecular weight is 221 g/mol. The van der Waals surface area contributed by atoms with Gasteiger partial charge in [-0.2, -0.15) is 0 Å². The van der Waals surface area contributed by atoms with Gasteiger partial charge in [0.2, 0.25) is 0 Å². The van der Waals surface area contributed by atoms with E-state index in [1.165, 1.54) is 24.9 Å². The van der Waals surface area contributed by atoms with E-state index in [9.17, 15) is 0 Å². The van der Waals surface area contributed by atoms with Crippen LogP contribution >= 0.6 is 0 Å². The SMILES string of the molecule is CC1(C)CCCCN1c1ccc(N)cc1.N. The monoisotopic (exact) mass is 221 g/mol. The van der Waals surface area contributed by atoms with E-state index in [0.717, 1.165) is 12.2 Å². The van der Waals surface area contributed by atoms with Crippen molar-refractivity contribution in [2.75, 3.05) is 17.2 Å². The standard InChI is InChI=1S/C13H20N2.H3N/c1-13(2)9-3-4-10-15(13)12-7-5-11(14)6-8-12;/h5-8H,3-4,9-10,14H2,1-2H3;1H3. The third-order valence-corrected chi connectivity index (χ3v) is 3.36. The molecule has 0 bridgehead atoms. The molecule has 1 aliphatic heterocycles. The molecule has 3 heteroatoms. The second-order valence-electron chi connectivity index (χ2n) is 5.01. The van der Waals surface area contributed by atoms with Gasteiger partial charge in [0.05, 0.1) is 0 Å². The van der Waals surface area contributed by atoms with Crippen molar-refractivity contribution in [2.45, 2.75) is 38.6 Å². The lowest BCUT2D eigenvalue weighted by molar-refractivity contribution is 0.362. The third-order valence-electron chi connectivity index (χ3n) is 3.36. The van der Waals surface area contributed by atoms with E-state index in [2.05, 4.69) is 30.9 Å². The van der Waals surface area contributed by atoms with Crippen LogP contribution in [0, 0.1) is 0 Å². The lowest BCUT2D eigenvalue weighted by Gasteiger charge is -2.44. The van der Waals surface area contributed by atoms with Gasteiger partial charge in [-0.05, 0) is 57.4 Å². The number of nitrogen functional groups attached to an aromatic ring is 1. The quantitative estimate of drug-likeness (QED) is 0.716. The predicted molar refractivity (Wildman–Crippen MR) is 71.2 cm³/mol. The zero-order chi connectivity index (χ0) is 10.9. The van der Waals surface area contributed by atoms with E-state index in [1.54, 1.807) is 0 Å². The number of piperidine rings is 1. The normalized spacial score (nSPS) is 19.0. The first-order valence-corrected chi connectivity index (χ1v) is 5.73. The van der Waals surface area contributed by atoms with Crippen LogP contribution in [0.2, 0.25) is 0 Å². The van der Waals surface area contributed by atoms with Crippen molar-refractivity contribution in [3.63, 3.8) is 0 Å². The average Bonchev–Trinajstić information content (AvgIpc) is 2.19. The maximum Gasteiger partial charge on any atom is 0.0372 e. The zero-order valence-corrected chi connectivity index (χ0v) is 10.4. The van der Waals surface area contributed by atoms with Crippen LogP contribution in [-0.4, -0.2) is 12.1 Å². The molecule has 0 aliphatic carbocycles. The Morgan fingerprint density at radius 3 is 2.31 bits per heavy atom. The molecule has 0 amide bonds. The lowest BCUT2D eigenvalue weighted by Crippen LogP contribution is -2.47. The summed E-state index contributed by atoms with van der Waals surface area (Å²) in [5.41, 5.74) is 8.13. The summed E-state index contributed by atoms with van der Waals surface area (Å²) < 4.78 is 0. The van der Waals surface area contributed by atoms with Crippen molar-refractivity contribution in [3.05, 3.63) is 24.3 Å². The molecule has 0 spiro atoms. The second kappa shape index (κ2) is 4.74. The number of nitrogens with zero attached hydrogens (tertiary/aromatic N) is 1. The Labute approximate surface area is 98.2 Å². The van der Waals surface area contributed by atoms with Gasteiger partial charge in [-0.3, -0.25) is 0 Å². The summed E-state index contributed by atoms with van der Waals surface area (Å²) in [6.07, 6.45) is 3.92. The van der Waals surface area contributed by atoms with Crippen molar-refractivity contribution in [1.29, 1.82) is 0 Å². The van der Waals surface area contributed by atoms with Gasteiger partial charge in [0.25, 0.3) is 0 Å². The molecule has 0 aromatic heterocycles. The molecular weight excluding hydrogens is 198 g/mol. The second-order valence-corrected chi connectivity index (χ2v) is 5.01. The van der Waals surface area contributed by atoms with Crippen LogP contribution in [0.5, 0.6) is 0 Å². The Balaban J connectivity index is 0.00000128. The van der Waals surface area contributed by atoms with Crippen LogP contribution in [0.1, 0.15) is 33.1 Å². The highest BCUT2D eigenvalue weighted by atomic mass is 15.2. The predicted octanol–water partition coefficient (Wildman–Crippen LogP) is 3.20. The van der Waals surface area contributed by atoms with Crippen LogP contribution in [0.4, 0.5) is 11.4 Å². The molecule has 1 saturated heterocycles. The first-order chi connectivity index (χ1) is 7.09. The summed E-state index contributed by atoms with van der Waals surface area (Å²) >= 11 is 0. The molecule has 16 heavy (non-hydrogen) atoms. The maximum atomic E-state index is 5.71. The van der Waals surface area contributed by atoms with Gasteiger partial charge in [-0.15, -0.1) is 0 Å². The first-order valence-electron chi connectivity index (χ1n) is 5.73. The van der Waals surface area contributed by atoms with E-state index in [1.807, 2.05) is 12.1 Å². The molecule has 0 unspecified atom stereocenters. The summed E-state index contributed by atoms with van der Waals surface area (Å²) in [5, 5.41) is 0. The first kappa shape index (κ1) is 12.8. The molecule has 3 nitrogen and oxygen atoms in total.